The Hall–Kier alpha value is -2.38. The molecule has 1 amide bonds. The van der Waals surface area contributed by atoms with Crippen LogP contribution in [0.25, 0.3) is 0 Å². The van der Waals surface area contributed by atoms with Crippen LogP contribution >= 0.6 is 0 Å². The van der Waals surface area contributed by atoms with Crippen LogP contribution in [-0.2, 0) is 4.79 Å². The number of nitrogens with two attached hydrogens (primary N) is 1. The molecule has 0 spiro atoms. The van der Waals surface area contributed by atoms with E-state index in [9.17, 15) is 4.79 Å². The maximum atomic E-state index is 12.4. The van der Waals surface area contributed by atoms with E-state index in [4.69, 9.17) is 5.73 Å². The Morgan fingerprint density at radius 1 is 1.19 bits per heavy atom. The Bertz CT molecular complexity index is 613. The van der Waals surface area contributed by atoms with Crippen molar-refractivity contribution in [3.8, 4) is 0 Å². The molecule has 8 heteroatoms. The number of aliphatic imine (C=N–C) groups is 1. The third-order valence-corrected chi connectivity index (χ3v) is 5.05. The van der Waals surface area contributed by atoms with E-state index < -0.39 is 0 Å². The Labute approximate surface area is 155 Å². The molecule has 142 valence electrons. The fraction of sp³-hybridized carbons (Fsp3) is 0.667. The van der Waals surface area contributed by atoms with Crippen molar-refractivity contribution in [2.75, 3.05) is 50.7 Å². The molecule has 2 aliphatic heterocycles. The van der Waals surface area contributed by atoms with Gasteiger partial charge in [0.25, 0.3) is 0 Å². The van der Waals surface area contributed by atoms with Gasteiger partial charge in [0, 0.05) is 58.1 Å². The Morgan fingerprint density at radius 2 is 1.92 bits per heavy atom. The predicted octanol–water partition coefficient (Wildman–Crippen LogP) is 0.562. The van der Waals surface area contributed by atoms with Gasteiger partial charge in [-0.05, 0) is 24.8 Å². The standard InChI is InChI=1S/C18H29N7O/c1-15-4-2-9-25(14-15)17(19)20-8-5-16(26)23-10-12-24(13-11-23)18-21-6-3-7-22-18/h3,6-7,15H,2,4-5,8-14H2,1H3,(H2,19,20). The molecule has 0 radical (unpaired) electrons. The number of hydrogen-bond acceptors (Lipinski definition) is 5. The van der Waals surface area contributed by atoms with E-state index >= 15 is 0 Å². The maximum absolute atomic E-state index is 12.4. The van der Waals surface area contributed by atoms with Crippen LogP contribution in [0.1, 0.15) is 26.2 Å². The number of hydrogen-bond donors (Lipinski definition) is 1. The summed E-state index contributed by atoms with van der Waals surface area (Å²) < 4.78 is 0. The second-order valence-electron chi connectivity index (χ2n) is 7.10. The van der Waals surface area contributed by atoms with Crippen LogP contribution in [0.15, 0.2) is 23.5 Å². The quantitative estimate of drug-likeness (QED) is 0.624. The minimum atomic E-state index is 0.141. The number of piperidine rings is 1. The van der Waals surface area contributed by atoms with Crippen LogP contribution in [-0.4, -0.2) is 77.4 Å². The van der Waals surface area contributed by atoms with E-state index in [1.807, 2.05) is 4.90 Å². The van der Waals surface area contributed by atoms with Crippen molar-refractivity contribution < 1.29 is 4.79 Å². The number of guanidine groups is 1. The van der Waals surface area contributed by atoms with Crippen molar-refractivity contribution in [2.45, 2.75) is 26.2 Å². The van der Waals surface area contributed by atoms with Gasteiger partial charge in [-0.25, -0.2) is 9.97 Å². The number of nitrogens with zero attached hydrogens (tertiary/aromatic N) is 6. The van der Waals surface area contributed by atoms with Crippen molar-refractivity contribution in [1.82, 2.24) is 19.8 Å². The predicted molar refractivity (Wildman–Crippen MR) is 102 cm³/mol. The molecule has 3 heterocycles. The number of rotatable bonds is 4. The van der Waals surface area contributed by atoms with Crippen molar-refractivity contribution >= 4 is 17.8 Å². The van der Waals surface area contributed by atoms with Gasteiger partial charge in [-0.15, -0.1) is 0 Å². The molecule has 2 N–H and O–H groups in total. The first-order valence-corrected chi connectivity index (χ1v) is 9.48. The molecule has 2 fully saturated rings. The molecule has 2 aliphatic rings. The Morgan fingerprint density at radius 3 is 2.62 bits per heavy atom. The van der Waals surface area contributed by atoms with Crippen molar-refractivity contribution in [1.29, 1.82) is 0 Å². The Kier molecular flexibility index (Phi) is 6.25. The smallest absolute Gasteiger partial charge is 0.225 e. The van der Waals surface area contributed by atoms with Gasteiger partial charge in [-0.1, -0.05) is 6.92 Å². The zero-order valence-corrected chi connectivity index (χ0v) is 15.5. The molecule has 0 bridgehead atoms. The summed E-state index contributed by atoms with van der Waals surface area (Å²) in [4.78, 5) is 31.5. The summed E-state index contributed by atoms with van der Waals surface area (Å²) in [6, 6.07) is 1.81. The number of amides is 1. The number of anilines is 1. The van der Waals surface area contributed by atoms with Gasteiger partial charge >= 0.3 is 0 Å². The number of likely N-dealkylation sites (tertiary alicyclic amines) is 1. The zero-order chi connectivity index (χ0) is 18.4. The van der Waals surface area contributed by atoms with Crippen molar-refractivity contribution in [3.63, 3.8) is 0 Å². The first-order chi connectivity index (χ1) is 12.6. The lowest BCUT2D eigenvalue weighted by molar-refractivity contribution is -0.131. The molecule has 1 atom stereocenters. The summed E-state index contributed by atoms with van der Waals surface area (Å²) in [5.41, 5.74) is 6.09. The van der Waals surface area contributed by atoms with Crippen molar-refractivity contribution in [2.24, 2.45) is 16.6 Å². The molecule has 8 nitrogen and oxygen atoms in total. The second-order valence-corrected chi connectivity index (χ2v) is 7.10. The van der Waals surface area contributed by atoms with Crippen LogP contribution in [0.2, 0.25) is 0 Å². The topological polar surface area (TPSA) is 91.0 Å². The molecule has 1 aromatic heterocycles. The van der Waals surface area contributed by atoms with Crippen LogP contribution in [0, 0.1) is 5.92 Å². The highest BCUT2D eigenvalue weighted by atomic mass is 16.2. The summed E-state index contributed by atoms with van der Waals surface area (Å²) >= 11 is 0. The fourth-order valence-corrected chi connectivity index (χ4v) is 3.53. The first kappa shape index (κ1) is 18.4. The molecule has 26 heavy (non-hydrogen) atoms. The number of piperazine rings is 1. The minimum absolute atomic E-state index is 0.141. The van der Waals surface area contributed by atoms with E-state index in [1.54, 1.807) is 18.5 Å². The SMILES string of the molecule is CC1CCCN(C(N)=NCCC(=O)N2CCN(c3ncccn3)CC2)C1. The van der Waals surface area contributed by atoms with Gasteiger partial charge in [0.05, 0.1) is 6.54 Å². The molecular formula is C18H29N7O. The van der Waals surface area contributed by atoms with Gasteiger partial charge in [-0.2, -0.15) is 0 Å². The number of carbonyl (C=O) groups is 1. The highest BCUT2D eigenvalue weighted by molar-refractivity contribution is 5.79. The van der Waals surface area contributed by atoms with Gasteiger partial charge < -0.3 is 20.4 Å². The largest absolute Gasteiger partial charge is 0.370 e. The molecule has 0 aromatic carbocycles. The summed E-state index contributed by atoms with van der Waals surface area (Å²) in [5.74, 6) is 2.11. The van der Waals surface area contributed by atoms with Crippen molar-refractivity contribution in [3.05, 3.63) is 18.5 Å². The maximum Gasteiger partial charge on any atom is 0.225 e. The summed E-state index contributed by atoms with van der Waals surface area (Å²) in [6.07, 6.45) is 6.30. The normalized spacial score (nSPS) is 21.8. The molecule has 1 aromatic rings. The third-order valence-electron chi connectivity index (χ3n) is 5.05. The Balaban J connectivity index is 1.41. The molecular weight excluding hydrogens is 330 g/mol. The average molecular weight is 359 g/mol. The zero-order valence-electron chi connectivity index (χ0n) is 15.5. The minimum Gasteiger partial charge on any atom is -0.370 e. The lowest BCUT2D eigenvalue weighted by Gasteiger charge is -2.34. The van der Waals surface area contributed by atoms with E-state index in [-0.39, 0.29) is 5.91 Å². The first-order valence-electron chi connectivity index (χ1n) is 9.48. The third kappa shape index (κ3) is 4.83. The highest BCUT2D eigenvalue weighted by Gasteiger charge is 2.22. The van der Waals surface area contributed by atoms with Gasteiger partial charge in [0.15, 0.2) is 5.96 Å². The van der Waals surface area contributed by atoms with Gasteiger partial charge in [0.1, 0.15) is 0 Å². The summed E-state index contributed by atoms with van der Waals surface area (Å²) in [5, 5.41) is 0. The molecule has 3 rings (SSSR count). The van der Waals surface area contributed by atoms with Gasteiger partial charge in [-0.3, -0.25) is 9.79 Å². The van der Waals surface area contributed by atoms with Crippen LogP contribution < -0.4 is 10.6 Å². The monoisotopic (exact) mass is 359 g/mol. The van der Waals surface area contributed by atoms with E-state index in [1.165, 1.54) is 6.42 Å². The highest BCUT2D eigenvalue weighted by Crippen LogP contribution is 2.15. The number of carbonyl (C=O) groups excluding carboxylic acids is 1. The summed E-state index contributed by atoms with van der Waals surface area (Å²) in [6.45, 7) is 7.53. The lowest BCUT2D eigenvalue weighted by Crippen LogP contribution is -2.49. The summed E-state index contributed by atoms with van der Waals surface area (Å²) in [7, 11) is 0. The number of aromatic nitrogens is 2. The molecule has 0 aliphatic carbocycles. The van der Waals surface area contributed by atoms with Crippen LogP contribution in [0.4, 0.5) is 5.95 Å². The molecule has 0 saturated carbocycles. The molecule has 1 unspecified atom stereocenters. The second kappa shape index (κ2) is 8.82. The van der Waals surface area contributed by atoms with E-state index in [0.717, 1.165) is 38.5 Å². The average Bonchev–Trinajstić information content (AvgIpc) is 2.68. The molecule has 2 saturated heterocycles. The fourth-order valence-electron chi connectivity index (χ4n) is 3.53. The lowest BCUT2D eigenvalue weighted by atomic mass is 10.0. The van der Waals surface area contributed by atoms with Crippen LogP contribution in [0.3, 0.4) is 0 Å². The van der Waals surface area contributed by atoms with E-state index in [0.29, 0.717) is 37.9 Å². The van der Waals surface area contributed by atoms with E-state index in [2.05, 4.69) is 31.7 Å². The van der Waals surface area contributed by atoms with Gasteiger partial charge in [0.2, 0.25) is 11.9 Å². The van der Waals surface area contributed by atoms with Crippen LogP contribution in [0.5, 0.6) is 0 Å².